The molecule has 1 aromatic carbocycles. The molecule has 1 heterocycles. The molecule has 21 heavy (non-hydrogen) atoms. The van der Waals surface area contributed by atoms with Crippen molar-refractivity contribution >= 4 is 23.2 Å². The first-order chi connectivity index (χ1) is 10.2. The lowest BCUT2D eigenvalue weighted by molar-refractivity contribution is 0.0849. The second kappa shape index (κ2) is 7.59. The second-order valence-corrected chi connectivity index (χ2v) is 5.63. The molecular weight excluding hydrogens is 284 g/mol. The van der Waals surface area contributed by atoms with Gasteiger partial charge in [-0.3, -0.25) is 20.4 Å². The number of nitrogens with one attached hydrogen (secondary N) is 2. The maximum atomic E-state index is 11.9. The molecule has 0 aliphatic rings. The number of hydrazine groups is 1. The summed E-state index contributed by atoms with van der Waals surface area (Å²) >= 11 is 1.32. The largest absolute Gasteiger partial charge is 0.279 e. The van der Waals surface area contributed by atoms with Gasteiger partial charge < -0.3 is 0 Å². The van der Waals surface area contributed by atoms with E-state index in [1.807, 2.05) is 17.5 Å². The molecule has 0 aliphatic carbocycles. The van der Waals surface area contributed by atoms with Crippen molar-refractivity contribution in [3.05, 3.63) is 57.8 Å². The normalized spacial score (nSPS) is 10.1. The summed E-state index contributed by atoms with van der Waals surface area (Å²) in [5.74, 6) is -0.625. The molecule has 0 saturated heterocycles. The van der Waals surface area contributed by atoms with Crippen LogP contribution in [0.1, 0.15) is 45.4 Å². The van der Waals surface area contributed by atoms with E-state index in [9.17, 15) is 9.59 Å². The smallest absolute Gasteiger partial charge is 0.267 e. The van der Waals surface area contributed by atoms with Crippen molar-refractivity contribution in [3.8, 4) is 0 Å². The standard InChI is InChI=1S/C16H18N2O2S/c1-2-3-5-12-7-9-13(10-8-12)15(19)17-18-16(20)14-6-4-11-21-14/h4,6-11H,2-3,5H2,1H3,(H,17,19)(H,18,20). The third kappa shape index (κ3) is 4.43. The van der Waals surface area contributed by atoms with Gasteiger partial charge in [-0.05, 0) is 42.0 Å². The summed E-state index contributed by atoms with van der Waals surface area (Å²) in [5, 5.41) is 1.81. The average Bonchev–Trinajstić information content (AvgIpc) is 3.05. The fraction of sp³-hybridized carbons (Fsp3) is 0.250. The van der Waals surface area contributed by atoms with Crippen LogP contribution in [0.15, 0.2) is 41.8 Å². The lowest BCUT2D eigenvalue weighted by atomic mass is 10.1. The zero-order valence-electron chi connectivity index (χ0n) is 11.9. The minimum absolute atomic E-state index is 0.307. The van der Waals surface area contributed by atoms with Gasteiger partial charge in [0.25, 0.3) is 11.8 Å². The number of hydrogen-bond donors (Lipinski definition) is 2. The van der Waals surface area contributed by atoms with Crippen LogP contribution in [-0.2, 0) is 6.42 Å². The van der Waals surface area contributed by atoms with E-state index < -0.39 is 0 Å². The van der Waals surface area contributed by atoms with Gasteiger partial charge >= 0.3 is 0 Å². The molecule has 2 aromatic rings. The number of amides is 2. The summed E-state index contributed by atoms with van der Waals surface area (Å²) in [6, 6.07) is 10.9. The Morgan fingerprint density at radius 3 is 2.38 bits per heavy atom. The second-order valence-electron chi connectivity index (χ2n) is 4.69. The summed E-state index contributed by atoms with van der Waals surface area (Å²) in [6.07, 6.45) is 3.31. The zero-order chi connectivity index (χ0) is 15.1. The van der Waals surface area contributed by atoms with Crippen LogP contribution in [0.2, 0.25) is 0 Å². The quantitative estimate of drug-likeness (QED) is 0.834. The van der Waals surface area contributed by atoms with Crippen molar-refractivity contribution in [2.45, 2.75) is 26.2 Å². The minimum atomic E-state index is -0.318. The molecule has 0 atom stereocenters. The SMILES string of the molecule is CCCCc1ccc(C(=O)NNC(=O)c2cccs2)cc1. The number of unbranched alkanes of at least 4 members (excludes halogenated alkanes) is 1. The van der Waals surface area contributed by atoms with E-state index in [0.717, 1.165) is 19.3 Å². The van der Waals surface area contributed by atoms with E-state index in [4.69, 9.17) is 0 Å². The summed E-state index contributed by atoms with van der Waals surface area (Å²) in [6.45, 7) is 2.15. The van der Waals surface area contributed by atoms with Crippen molar-refractivity contribution in [3.63, 3.8) is 0 Å². The van der Waals surface area contributed by atoms with Crippen molar-refractivity contribution in [1.29, 1.82) is 0 Å². The molecular formula is C16H18N2O2S. The zero-order valence-corrected chi connectivity index (χ0v) is 12.7. The maximum absolute atomic E-state index is 11.9. The number of aryl methyl sites for hydroxylation is 1. The van der Waals surface area contributed by atoms with E-state index in [-0.39, 0.29) is 11.8 Å². The first-order valence-electron chi connectivity index (χ1n) is 6.94. The molecule has 110 valence electrons. The maximum Gasteiger partial charge on any atom is 0.279 e. The number of carbonyl (C=O) groups excluding carboxylic acids is 2. The molecule has 0 aliphatic heterocycles. The van der Waals surface area contributed by atoms with Gasteiger partial charge in [-0.25, -0.2) is 0 Å². The van der Waals surface area contributed by atoms with Gasteiger partial charge in [0.2, 0.25) is 0 Å². The summed E-state index contributed by atoms with van der Waals surface area (Å²) in [7, 11) is 0. The molecule has 2 N–H and O–H groups in total. The van der Waals surface area contributed by atoms with Crippen molar-refractivity contribution < 1.29 is 9.59 Å². The summed E-state index contributed by atoms with van der Waals surface area (Å²) in [5.41, 5.74) is 6.57. The monoisotopic (exact) mass is 302 g/mol. The van der Waals surface area contributed by atoms with Gasteiger partial charge in [0.1, 0.15) is 0 Å². The highest BCUT2D eigenvalue weighted by atomic mass is 32.1. The number of carbonyl (C=O) groups is 2. The van der Waals surface area contributed by atoms with Crippen molar-refractivity contribution in [2.75, 3.05) is 0 Å². The van der Waals surface area contributed by atoms with Gasteiger partial charge in [-0.1, -0.05) is 31.5 Å². The van der Waals surface area contributed by atoms with Crippen LogP contribution >= 0.6 is 11.3 Å². The third-order valence-corrected chi connectivity index (χ3v) is 3.94. The fourth-order valence-electron chi connectivity index (χ4n) is 1.86. The van der Waals surface area contributed by atoms with Crippen LogP contribution in [0.3, 0.4) is 0 Å². The molecule has 2 rings (SSSR count). The molecule has 0 spiro atoms. The van der Waals surface area contributed by atoms with Crippen molar-refractivity contribution in [2.24, 2.45) is 0 Å². The van der Waals surface area contributed by atoms with Crippen LogP contribution in [0.5, 0.6) is 0 Å². The van der Waals surface area contributed by atoms with E-state index in [2.05, 4.69) is 17.8 Å². The lowest BCUT2D eigenvalue weighted by Crippen LogP contribution is -2.41. The molecule has 2 amide bonds. The average molecular weight is 302 g/mol. The van der Waals surface area contributed by atoms with Crippen LogP contribution in [-0.4, -0.2) is 11.8 Å². The molecule has 0 radical (unpaired) electrons. The first kappa shape index (κ1) is 15.3. The van der Waals surface area contributed by atoms with Gasteiger partial charge in [-0.15, -0.1) is 11.3 Å². The Kier molecular flexibility index (Phi) is 5.51. The Bertz CT molecular complexity index is 591. The predicted molar refractivity (Wildman–Crippen MR) is 84.3 cm³/mol. The summed E-state index contributed by atoms with van der Waals surface area (Å²) in [4.78, 5) is 24.2. The fourth-order valence-corrected chi connectivity index (χ4v) is 2.48. The highest BCUT2D eigenvalue weighted by Crippen LogP contribution is 2.09. The van der Waals surface area contributed by atoms with Crippen LogP contribution in [0, 0.1) is 0 Å². The molecule has 1 aromatic heterocycles. The Morgan fingerprint density at radius 1 is 1.05 bits per heavy atom. The number of benzene rings is 1. The minimum Gasteiger partial charge on any atom is -0.267 e. The van der Waals surface area contributed by atoms with E-state index in [1.54, 1.807) is 24.3 Å². The van der Waals surface area contributed by atoms with Crippen molar-refractivity contribution in [1.82, 2.24) is 10.9 Å². The van der Waals surface area contributed by atoms with E-state index in [1.165, 1.54) is 16.9 Å². The molecule has 0 unspecified atom stereocenters. The molecule has 0 bridgehead atoms. The van der Waals surface area contributed by atoms with Gasteiger partial charge in [0, 0.05) is 5.56 Å². The van der Waals surface area contributed by atoms with E-state index in [0.29, 0.717) is 10.4 Å². The van der Waals surface area contributed by atoms with Gasteiger partial charge in [0.05, 0.1) is 4.88 Å². The van der Waals surface area contributed by atoms with Crippen LogP contribution < -0.4 is 10.9 Å². The number of hydrogen-bond acceptors (Lipinski definition) is 3. The Hall–Kier alpha value is -2.14. The number of thiophene rings is 1. The Balaban J connectivity index is 1.87. The van der Waals surface area contributed by atoms with Gasteiger partial charge in [0.15, 0.2) is 0 Å². The third-order valence-electron chi connectivity index (χ3n) is 3.07. The predicted octanol–water partition coefficient (Wildman–Crippen LogP) is 3.17. The molecule has 4 nitrogen and oxygen atoms in total. The van der Waals surface area contributed by atoms with Crippen LogP contribution in [0.25, 0.3) is 0 Å². The highest BCUT2D eigenvalue weighted by molar-refractivity contribution is 7.12. The lowest BCUT2D eigenvalue weighted by Gasteiger charge is -2.07. The molecule has 0 saturated carbocycles. The van der Waals surface area contributed by atoms with Crippen LogP contribution in [0.4, 0.5) is 0 Å². The Morgan fingerprint density at radius 2 is 1.76 bits per heavy atom. The highest BCUT2D eigenvalue weighted by Gasteiger charge is 2.09. The Labute approximate surface area is 128 Å². The van der Waals surface area contributed by atoms with Gasteiger partial charge in [-0.2, -0.15) is 0 Å². The molecule has 0 fully saturated rings. The number of rotatable bonds is 5. The topological polar surface area (TPSA) is 58.2 Å². The first-order valence-corrected chi connectivity index (χ1v) is 7.82. The van der Waals surface area contributed by atoms with E-state index >= 15 is 0 Å². The molecule has 5 heteroatoms. The summed E-state index contributed by atoms with van der Waals surface area (Å²) < 4.78 is 0.